The molecule has 6 aromatic rings. The number of aryl methyl sites for hydroxylation is 1. The first-order valence-corrected chi connectivity index (χ1v) is 35.6. The molecular formula is C71H83F2N13O12S2. The van der Waals surface area contributed by atoms with Crippen LogP contribution in [0.5, 0.6) is 0 Å². The number of hydrogen-bond acceptors (Lipinski definition) is 15. The third kappa shape index (κ3) is 21.4. The molecule has 1 saturated heterocycles. The predicted octanol–water partition coefficient (Wildman–Crippen LogP) is 3.87. The number of carbonyl (C=O) groups excluding carboxylic acids is 10. The maximum absolute atomic E-state index is 15.1. The number of allylic oxidation sites excluding steroid dienone is 1. The molecule has 530 valence electrons. The molecule has 2 bridgehead atoms. The minimum atomic E-state index is -1.99. The zero-order valence-electron chi connectivity index (χ0n) is 55.0. The topological polar surface area (TPSA) is 392 Å². The first-order chi connectivity index (χ1) is 48.2. The van der Waals surface area contributed by atoms with Crippen molar-refractivity contribution in [1.29, 1.82) is 0 Å². The number of hydrogen-bond donors (Lipinski definition) is 12. The number of aromatic amines is 2. The Morgan fingerprint density at radius 1 is 0.680 bits per heavy atom. The average molecular weight is 1410 g/mol. The molecule has 4 aromatic carbocycles. The quantitative estimate of drug-likeness (QED) is 0.0612. The molecule has 3 aliphatic rings. The number of primary amides is 1. The van der Waals surface area contributed by atoms with Gasteiger partial charge in [0, 0.05) is 90.7 Å². The van der Waals surface area contributed by atoms with E-state index in [9.17, 15) is 52.2 Å². The Labute approximate surface area is 584 Å². The van der Waals surface area contributed by atoms with Gasteiger partial charge in [0.2, 0.25) is 53.2 Å². The van der Waals surface area contributed by atoms with Gasteiger partial charge in [0.1, 0.15) is 47.9 Å². The number of nitrogens with two attached hydrogens (primary N) is 2. The highest BCUT2D eigenvalue weighted by molar-refractivity contribution is 7.98. The van der Waals surface area contributed by atoms with Crippen molar-refractivity contribution in [3.05, 3.63) is 167 Å². The molecule has 8 atom stereocenters. The number of rotatable bonds is 16. The molecule has 25 nitrogen and oxygen atoms in total. The number of benzene rings is 4. The van der Waals surface area contributed by atoms with Crippen LogP contribution in [-0.4, -0.2) is 163 Å². The van der Waals surface area contributed by atoms with Gasteiger partial charge in [-0.1, -0.05) is 66.7 Å². The Hall–Kier alpha value is -9.74. The Bertz CT molecular complexity index is 3970. The number of imidazole rings is 1. The van der Waals surface area contributed by atoms with Gasteiger partial charge in [0.05, 0.1) is 31.3 Å². The van der Waals surface area contributed by atoms with Crippen LogP contribution in [0.1, 0.15) is 103 Å². The summed E-state index contributed by atoms with van der Waals surface area (Å²) in [5.74, 6) is -10.2. The van der Waals surface area contributed by atoms with Crippen molar-refractivity contribution in [3.8, 4) is 0 Å². The summed E-state index contributed by atoms with van der Waals surface area (Å²) in [7, 11) is 0. The second-order valence-electron chi connectivity index (χ2n) is 25.1. The van der Waals surface area contributed by atoms with E-state index in [1.807, 2.05) is 42.5 Å². The van der Waals surface area contributed by atoms with Crippen molar-refractivity contribution in [3.63, 3.8) is 0 Å². The summed E-state index contributed by atoms with van der Waals surface area (Å²) in [6.45, 7) is -0.283. The molecule has 9 rings (SSSR count). The number of ketones is 1. The minimum absolute atomic E-state index is 0.00446. The zero-order chi connectivity index (χ0) is 71.2. The van der Waals surface area contributed by atoms with Crippen LogP contribution >= 0.6 is 23.5 Å². The van der Waals surface area contributed by atoms with Gasteiger partial charge >= 0.3 is 5.97 Å². The number of aromatic nitrogens is 3. The highest BCUT2D eigenvalue weighted by Gasteiger charge is 2.41. The molecule has 0 saturated carbocycles. The molecular weight excluding hydrogens is 1330 g/mol. The average Bonchev–Trinajstić information content (AvgIpc) is 1.61. The number of H-pyrrole nitrogens is 2. The van der Waals surface area contributed by atoms with Crippen LogP contribution in [0.3, 0.4) is 0 Å². The molecule has 1 aliphatic carbocycles. The number of halogens is 2. The summed E-state index contributed by atoms with van der Waals surface area (Å²) in [5, 5.41) is 29.2. The predicted molar refractivity (Wildman–Crippen MR) is 372 cm³/mol. The lowest BCUT2D eigenvalue weighted by atomic mass is 9.97. The van der Waals surface area contributed by atoms with Crippen LogP contribution in [-0.2, 0) is 89.9 Å². The zero-order valence-corrected chi connectivity index (χ0v) is 56.6. The van der Waals surface area contributed by atoms with Crippen molar-refractivity contribution < 1.29 is 66.6 Å². The number of nitrogens with one attached hydrogen (secondary N) is 9. The second-order valence-corrected chi connectivity index (χ2v) is 27.3. The molecule has 2 aliphatic heterocycles. The maximum atomic E-state index is 15.1. The molecule has 14 N–H and O–H groups in total. The van der Waals surface area contributed by atoms with E-state index in [2.05, 4.69) is 52.2 Å². The van der Waals surface area contributed by atoms with Gasteiger partial charge in [0.15, 0.2) is 5.78 Å². The maximum Gasteiger partial charge on any atom is 0.305 e. The summed E-state index contributed by atoms with van der Waals surface area (Å²) >= 11 is 2.90. The molecule has 4 heterocycles. The van der Waals surface area contributed by atoms with E-state index in [0.717, 1.165) is 16.7 Å². The molecule has 0 unspecified atom stereocenters. The first kappa shape index (κ1) is 74.5. The van der Waals surface area contributed by atoms with Crippen molar-refractivity contribution in [2.75, 3.05) is 31.1 Å². The monoisotopic (exact) mass is 1410 g/mol. The van der Waals surface area contributed by atoms with Crippen molar-refractivity contribution in [2.45, 2.75) is 144 Å². The second kappa shape index (κ2) is 36.4. The Kier molecular flexibility index (Phi) is 27.1. The summed E-state index contributed by atoms with van der Waals surface area (Å²) < 4.78 is 29.8. The molecule has 2 aromatic heterocycles. The van der Waals surface area contributed by atoms with Crippen LogP contribution in [0.2, 0.25) is 0 Å². The minimum Gasteiger partial charge on any atom is -0.481 e. The summed E-state index contributed by atoms with van der Waals surface area (Å²) in [6, 6.07) is 14.4. The van der Waals surface area contributed by atoms with Crippen LogP contribution in [0.25, 0.3) is 16.5 Å². The van der Waals surface area contributed by atoms with E-state index in [1.54, 1.807) is 24.3 Å². The Morgan fingerprint density at radius 2 is 1.36 bits per heavy atom. The lowest BCUT2D eigenvalue weighted by Crippen LogP contribution is -2.60. The fraction of sp³-hybridized carbons (Fsp3) is 0.408. The number of fused-ring (bicyclic) bond motifs is 5. The van der Waals surface area contributed by atoms with Crippen molar-refractivity contribution >= 4 is 105 Å². The Morgan fingerprint density at radius 3 is 2.08 bits per heavy atom. The van der Waals surface area contributed by atoms with Gasteiger partial charge < -0.3 is 68.7 Å². The number of carbonyl (C=O) groups is 11. The molecule has 100 heavy (non-hydrogen) atoms. The van der Waals surface area contributed by atoms with E-state index < -0.39 is 144 Å². The van der Waals surface area contributed by atoms with E-state index in [4.69, 9.17) is 11.5 Å². The van der Waals surface area contributed by atoms with Gasteiger partial charge in [-0.05, 0) is 127 Å². The molecule has 9 amide bonds. The van der Waals surface area contributed by atoms with Crippen LogP contribution in [0, 0.1) is 17.6 Å². The summed E-state index contributed by atoms with van der Waals surface area (Å²) in [4.78, 5) is 168. The van der Waals surface area contributed by atoms with Crippen LogP contribution in [0.15, 0.2) is 116 Å². The smallest absolute Gasteiger partial charge is 0.305 e. The highest BCUT2D eigenvalue weighted by atomic mass is 32.2. The van der Waals surface area contributed by atoms with E-state index in [-0.39, 0.29) is 70.1 Å². The number of unbranched alkanes of at least 4 members (excludes halogenated alkanes) is 1. The van der Waals surface area contributed by atoms with E-state index in [1.165, 1.54) is 77.5 Å². The standard InChI is InChI=1S/C71H83F2N13O12S2/c72-48-18-17-44-15-16-45(51(44)30-48)27-57-68(95)85-59(33-64(90)91)70(97)84-58(32-50-35-76-40-79-50)69(96)82-55(20-14-41-8-2-1-3-9-41)71(98)86-24-7-13-60(86)61(87)29-47(65(75)92)39-100-38-43-11-6-10-42(26-43)37-99-25-22-62(88)80-54(12-4-5-23-74)66(93)78-36-63(89)81-56(67(94)83-57)28-46-34-77-53-21-19-49(73)31-52(46)53/h1-3,6,8-11,16-19,21,26,30-31,34-35,40,47,54-60,77H,4-5,7,12-15,20,22-25,27-29,32-33,36-39,74H2,(H2,75,92)(H,76,79)(H,78,93)(H,80,88)(H,81,89)(H,82,96)(H,83,94)(H,84,97)(H,85,95)(H,90,91)/t47-,54-,55-,56-,57-,58-,59-,60-/m0/s1. The van der Waals surface area contributed by atoms with E-state index in [0.29, 0.717) is 81.9 Å². The van der Waals surface area contributed by atoms with Gasteiger partial charge in [0.25, 0.3) is 0 Å². The SMILES string of the molecule is NCCCC[C@@H]1NC(=O)CCSCc2cccc(c2)CSC[C@@H](C(N)=O)CC(=O)[C@@H]2CCCN2C(=O)[C@H](CCc2ccccc2)NC(=O)[C@H](Cc2cnc[nH]2)NC(=O)[C@H](CC(=O)O)NC(=O)[C@H](CC2=CCc3ccc(F)cc32)NC(=O)[C@H](Cc2c[nH]c3ccc(F)cc23)NC(=O)CNC1=O. The molecule has 0 spiro atoms. The highest BCUT2D eigenvalue weighted by Crippen LogP contribution is 2.32. The third-order valence-corrected chi connectivity index (χ3v) is 20.0. The number of thioether (sulfide) groups is 2. The fourth-order valence-electron chi connectivity index (χ4n) is 12.5. The number of amides is 9. The van der Waals surface area contributed by atoms with Crippen LogP contribution < -0.4 is 48.7 Å². The fourth-order valence-corrected chi connectivity index (χ4v) is 14.5. The van der Waals surface area contributed by atoms with Gasteiger partial charge in [-0.25, -0.2) is 13.8 Å². The van der Waals surface area contributed by atoms with Crippen molar-refractivity contribution in [1.82, 2.24) is 57.1 Å². The number of nitrogens with zero attached hydrogens (tertiary/aromatic N) is 2. The van der Waals surface area contributed by atoms with Gasteiger partial charge in [-0.15, -0.1) is 0 Å². The summed E-state index contributed by atoms with van der Waals surface area (Å²) in [6.07, 6.45) is 5.85. The van der Waals surface area contributed by atoms with Crippen LogP contribution in [0.4, 0.5) is 8.78 Å². The number of carboxylic acid groups (broad SMARTS) is 1. The molecule has 0 radical (unpaired) electrons. The number of carboxylic acids is 1. The largest absolute Gasteiger partial charge is 0.481 e. The van der Waals surface area contributed by atoms with Crippen molar-refractivity contribution in [2.24, 2.45) is 17.4 Å². The lowest BCUT2D eigenvalue weighted by Gasteiger charge is -2.30. The summed E-state index contributed by atoms with van der Waals surface area (Å²) in [5.41, 5.74) is 17.0. The Balaban J connectivity index is 1.04. The number of Topliss-reactive ketones (excluding diaryl/α,β-unsaturated/α-hetero) is 1. The van der Waals surface area contributed by atoms with E-state index >= 15 is 14.4 Å². The number of aliphatic carboxylic acids is 1. The third-order valence-electron chi connectivity index (χ3n) is 17.8. The van der Waals surface area contributed by atoms with Gasteiger partial charge in [-0.2, -0.15) is 23.5 Å². The first-order valence-electron chi connectivity index (χ1n) is 33.3. The normalized spacial score (nSPS) is 22.6. The van der Waals surface area contributed by atoms with Gasteiger partial charge in [-0.3, -0.25) is 52.7 Å². The molecule has 1 fully saturated rings. The lowest BCUT2D eigenvalue weighted by molar-refractivity contribution is -0.142. The molecule has 29 heteroatoms.